The second-order valence-electron chi connectivity index (χ2n) is 6.09. The summed E-state index contributed by atoms with van der Waals surface area (Å²) in [4.78, 5) is 35.9. The highest BCUT2D eigenvalue weighted by Gasteiger charge is 2.48. The molecule has 0 bridgehead atoms. The molecule has 1 aliphatic heterocycles. The van der Waals surface area contributed by atoms with Crippen molar-refractivity contribution in [3.63, 3.8) is 0 Å². The largest absolute Gasteiger partial charge is 0.509 e. The predicted molar refractivity (Wildman–Crippen MR) is 80.1 cm³/mol. The number of carbonyl (C=O) groups excluding carboxylic acids is 2. The fraction of sp³-hybridized carbons (Fsp3) is 0.438. The van der Waals surface area contributed by atoms with E-state index in [0.29, 0.717) is 18.5 Å². The number of carboxylic acids is 1. The monoisotopic (exact) mass is 318 g/mol. The van der Waals surface area contributed by atoms with E-state index >= 15 is 0 Å². The summed E-state index contributed by atoms with van der Waals surface area (Å²) in [6.07, 6.45) is 4.79. The lowest BCUT2D eigenvalue weighted by molar-refractivity contribution is -0.140. The molecule has 0 saturated heterocycles. The molecule has 2 aliphatic rings. The van der Waals surface area contributed by atoms with Crippen molar-refractivity contribution >= 4 is 17.7 Å². The molecule has 1 aromatic rings. The van der Waals surface area contributed by atoms with E-state index < -0.39 is 29.2 Å². The first kappa shape index (κ1) is 15.3. The maximum absolute atomic E-state index is 12.6. The average Bonchev–Trinajstić information content (AvgIpc) is 3.15. The topological polar surface area (TPSA) is 109 Å². The molecule has 0 unspecified atom stereocenters. The van der Waals surface area contributed by atoms with Crippen molar-refractivity contribution in [1.29, 1.82) is 0 Å². The number of aliphatic hydroxyl groups is 1. The van der Waals surface area contributed by atoms with Gasteiger partial charge in [0.15, 0.2) is 0 Å². The van der Waals surface area contributed by atoms with Gasteiger partial charge in [0.2, 0.25) is 5.78 Å². The lowest BCUT2D eigenvalue weighted by Gasteiger charge is -2.36. The van der Waals surface area contributed by atoms with Crippen molar-refractivity contribution in [2.75, 3.05) is 0 Å². The fourth-order valence-corrected chi connectivity index (χ4v) is 3.50. The Labute approximate surface area is 132 Å². The maximum atomic E-state index is 12.6. The molecule has 2 heterocycles. The van der Waals surface area contributed by atoms with Gasteiger partial charge in [-0.15, -0.1) is 0 Å². The SMILES string of the molecule is C[C@H](NC(=O)C1=C(O)C2(CCCC2)n2cccc2C1=O)C(=O)O. The molecule has 3 N–H and O–H groups in total. The first-order valence-corrected chi connectivity index (χ1v) is 7.58. The molecule has 1 fully saturated rings. The minimum Gasteiger partial charge on any atom is -0.509 e. The number of nitrogens with one attached hydrogen (secondary N) is 1. The number of rotatable bonds is 3. The van der Waals surface area contributed by atoms with Crippen molar-refractivity contribution < 1.29 is 24.6 Å². The second kappa shape index (κ2) is 5.26. The van der Waals surface area contributed by atoms with Gasteiger partial charge in [0.05, 0.1) is 5.69 Å². The van der Waals surface area contributed by atoms with Crippen LogP contribution in [-0.4, -0.2) is 38.5 Å². The summed E-state index contributed by atoms with van der Waals surface area (Å²) in [5.41, 5.74) is -0.768. The van der Waals surface area contributed by atoms with E-state index in [1.165, 1.54) is 6.92 Å². The van der Waals surface area contributed by atoms with E-state index in [-0.39, 0.29) is 11.3 Å². The van der Waals surface area contributed by atoms with Gasteiger partial charge in [0, 0.05) is 6.20 Å². The summed E-state index contributed by atoms with van der Waals surface area (Å²) in [6, 6.07) is 2.17. The first-order chi connectivity index (χ1) is 10.9. The zero-order valence-corrected chi connectivity index (χ0v) is 12.7. The minimum atomic E-state index is -1.21. The number of carbonyl (C=O) groups is 3. The van der Waals surface area contributed by atoms with Crippen LogP contribution in [0.15, 0.2) is 29.7 Å². The number of hydrogen-bond donors (Lipinski definition) is 3. The Balaban J connectivity index is 2.06. The Morgan fingerprint density at radius 3 is 2.61 bits per heavy atom. The van der Waals surface area contributed by atoms with Crippen molar-refractivity contribution in [1.82, 2.24) is 9.88 Å². The van der Waals surface area contributed by atoms with Crippen LogP contribution in [0.1, 0.15) is 43.1 Å². The highest BCUT2D eigenvalue weighted by Crippen LogP contribution is 2.46. The molecule has 1 aliphatic carbocycles. The minimum absolute atomic E-state index is 0.251. The van der Waals surface area contributed by atoms with Crippen molar-refractivity contribution in [2.24, 2.45) is 0 Å². The summed E-state index contributed by atoms with van der Waals surface area (Å²) in [7, 11) is 0. The van der Waals surface area contributed by atoms with Gasteiger partial charge < -0.3 is 20.1 Å². The Morgan fingerprint density at radius 2 is 2.00 bits per heavy atom. The molecule has 7 nitrogen and oxygen atoms in total. The summed E-state index contributed by atoms with van der Waals surface area (Å²) < 4.78 is 1.75. The number of carboxylic acid groups (broad SMARTS) is 1. The molecule has 1 amide bonds. The van der Waals surface area contributed by atoms with Gasteiger partial charge in [0.1, 0.15) is 22.9 Å². The quantitative estimate of drug-likeness (QED) is 0.729. The van der Waals surface area contributed by atoms with Gasteiger partial charge in [0.25, 0.3) is 5.91 Å². The Hall–Kier alpha value is -2.57. The lowest BCUT2D eigenvalue weighted by atomic mass is 9.85. The van der Waals surface area contributed by atoms with Crippen LogP contribution in [-0.2, 0) is 15.1 Å². The van der Waals surface area contributed by atoms with Crippen LogP contribution in [0.3, 0.4) is 0 Å². The van der Waals surface area contributed by atoms with Crippen LogP contribution in [0.25, 0.3) is 0 Å². The number of fused-ring (bicyclic) bond motifs is 2. The highest BCUT2D eigenvalue weighted by molar-refractivity contribution is 6.26. The number of hydrogen-bond acceptors (Lipinski definition) is 4. The standard InChI is InChI=1S/C16H18N2O5/c1-9(15(22)23)17-14(21)11-12(19)10-5-4-8-18(10)16(13(11)20)6-2-3-7-16/h4-5,8-9,20H,2-3,6-7H2,1H3,(H,17,21)(H,22,23)/t9-/m0/s1. The molecular weight excluding hydrogens is 300 g/mol. The van der Waals surface area contributed by atoms with Gasteiger partial charge in [-0.2, -0.15) is 0 Å². The maximum Gasteiger partial charge on any atom is 0.325 e. The van der Waals surface area contributed by atoms with Gasteiger partial charge in [-0.3, -0.25) is 14.4 Å². The predicted octanol–water partition coefficient (Wildman–Crippen LogP) is 1.36. The van der Waals surface area contributed by atoms with Gasteiger partial charge in [-0.05, 0) is 31.9 Å². The second-order valence-corrected chi connectivity index (χ2v) is 6.09. The molecule has 1 atom stereocenters. The van der Waals surface area contributed by atoms with Gasteiger partial charge in [-0.25, -0.2) is 0 Å². The molecule has 0 aromatic carbocycles. The van der Waals surface area contributed by atoms with E-state index in [2.05, 4.69) is 5.32 Å². The molecule has 3 rings (SSSR count). The Morgan fingerprint density at radius 1 is 1.35 bits per heavy atom. The molecule has 1 saturated carbocycles. The first-order valence-electron chi connectivity index (χ1n) is 7.58. The third kappa shape index (κ3) is 2.15. The van der Waals surface area contributed by atoms with E-state index in [9.17, 15) is 19.5 Å². The average molecular weight is 318 g/mol. The van der Waals surface area contributed by atoms with E-state index in [1.54, 1.807) is 22.9 Å². The molecule has 7 heteroatoms. The normalized spacial score (nSPS) is 20.5. The van der Waals surface area contributed by atoms with Crippen LogP contribution < -0.4 is 5.32 Å². The number of aliphatic carboxylic acids is 1. The van der Waals surface area contributed by atoms with Gasteiger partial charge in [-0.1, -0.05) is 12.8 Å². The van der Waals surface area contributed by atoms with E-state index in [0.717, 1.165) is 12.8 Å². The molecule has 1 aromatic heterocycles. The van der Waals surface area contributed by atoms with Crippen molar-refractivity contribution in [3.05, 3.63) is 35.4 Å². The molecule has 0 radical (unpaired) electrons. The summed E-state index contributed by atoms with van der Waals surface area (Å²) in [6.45, 7) is 1.30. The van der Waals surface area contributed by atoms with Crippen LogP contribution in [0.5, 0.6) is 0 Å². The van der Waals surface area contributed by atoms with Crippen LogP contribution in [0.2, 0.25) is 0 Å². The van der Waals surface area contributed by atoms with Crippen LogP contribution in [0.4, 0.5) is 0 Å². The number of allylic oxidation sites excluding steroid dienone is 1. The van der Waals surface area contributed by atoms with Crippen molar-refractivity contribution in [3.8, 4) is 0 Å². The fourth-order valence-electron chi connectivity index (χ4n) is 3.50. The number of aromatic nitrogens is 1. The number of amides is 1. The third-order valence-corrected chi connectivity index (χ3v) is 4.72. The van der Waals surface area contributed by atoms with E-state index in [4.69, 9.17) is 5.11 Å². The van der Waals surface area contributed by atoms with Gasteiger partial charge >= 0.3 is 5.97 Å². The number of ketones is 1. The molecule has 23 heavy (non-hydrogen) atoms. The molecule has 1 spiro atoms. The van der Waals surface area contributed by atoms with Crippen LogP contribution in [0, 0.1) is 0 Å². The van der Waals surface area contributed by atoms with Crippen molar-refractivity contribution in [2.45, 2.75) is 44.2 Å². The summed E-state index contributed by atoms with van der Waals surface area (Å²) in [5.74, 6) is -2.89. The number of nitrogens with zero attached hydrogens (tertiary/aromatic N) is 1. The number of aliphatic hydroxyl groups excluding tert-OH is 1. The Bertz CT molecular complexity index is 725. The van der Waals surface area contributed by atoms with E-state index in [1.807, 2.05) is 0 Å². The Kier molecular flexibility index (Phi) is 3.50. The molecular formula is C16H18N2O5. The van der Waals surface area contributed by atoms with Crippen LogP contribution >= 0.6 is 0 Å². The lowest BCUT2D eigenvalue weighted by Crippen LogP contribution is -2.46. The molecule has 122 valence electrons. The third-order valence-electron chi connectivity index (χ3n) is 4.72. The smallest absolute Gasteiger partial charge is 0.325 e. The zero-order valence-electron chi connectivity index (χ0n) is 12.7. The highest BCUT2D eigenvalue weighted by atomic mass is 16.4. The zero-order chi connectivity index (χ0) is 16.8. The number of Topliss-reactive ketones (excluding diaryl/α,β-unsaturated/α-hetero) is 1. The summed E-state index contributed by atoms with van der Waals surface area (Å²) >= 11 is 0. The summed E-state index contributed by atoms with van der Waals surface area (Å²) in [5, 5.41) is 21.9.